The molecule has 23 heavy (non-hydrogen) atoms. The summed E-state index contributed by atoms with van der Waals surface area (Å²) in [4.78, 5) is 9.60. The highest BCUT2D eigenvalue weighted by molar-refractivity contribution is 7.13. The van der Waals surface area contributed by atoms with Gasteiger partial charge in [-0.2, -0.15) is 9.36 Å². The largest absolute Gasteiger partial charge is 0.332 e. The molecule has 118 valence electrons. The van der Waals surface area contributed by atoms with Crippen LogP contribution in [0, 0.1) is 6.92 Å². The van der Waals surface area contributed by atoms with Gasteiger partial charge in [-0.1, -0.05) is 16.8 Å². The molecule has 0 saturated carbocycles. The molecule has 6 rings (SSSR count). The Bertz CT molecular complexity index is 864. The van der Waals surface area contributed by atoms with Gasteiger partial charge in [0.2, 0.25) is 0 Å². The molecule has 3 fully saturated rings. The monoisotopic (exact) mass is 327 g/mol. The molecular formula is C16H17N5OS. The van der Waals surface area contributed by atoms with Crippen molar-refractivity contribution in [1.29, 1.82) is 0 Å². The molecule has 0 radical (unpaired) electrons. The zero-order valence-corrected chi connectivity index (χ0v) is 13.7. The Morgan fingerprint density at radius 1 is 1.22 bits per heavy atom. The predicted octanol–water partition coefficient (Wildman–Crippen LogP) is 2.33. The number of hydrogen-bond donors (Lipinski definition) is 0. The van der Waals surface area contributed by atoms with E-state index in [2.05, 4.69) is 49.4 Å². The van der Waals surface area contributed by atoms with Gasteiger partial charge in [-0.05, 0) is 30.6 Å². The fraction of sp³-hybridized carbons (Fsp3) is 0.438. The molecule has 6 nitrogen and oxygen atoms in total. The summed E-state index contributed by atoms with van der Waals surface area (Å²) < 4.78 is 11.2. The zero-order chi connectivity index (χ0) is 15.4. The standard InChI is InChI=1S/C16H17N5OS/c1-10-2-3-13-11(8-10)14(19-23-13)16-17-15(18-22-16)12-9-20-4-6-21(12)7-5-20/h2-3,8,12H,4-7,9H2,1H3/t12-/m0/s1. The topological polar surface area (TPSA) is 58.3 Å². The van der Waals surface area contributed by atoms with Crippen LogP contribution >= 0.6 is 11.5 Å². The molecule has 0 unspecified atom stereocenters. The third-order valence-corrected chi connectivity index (χ3v) is 5.67. The minimum absolute atomic E-state index is 0.252. The van der Waals surface area contributed by atoms with Crippen LogP contribution in [0.15, 0.2) is 22.7 Å². The Hall–Kier alpha value is -1.83. The molecule has 0 N–H and O–H groups in total. The van der Waals surface area contributed by atoms with Crippen LogP contribution in [-0.2, 0) is 0 Å². The minimum Gasteiger partial charge on any atom is -0.332 e. The van der Waals surface area contributed by atoms with E-state index in [1.165, 1.54) is 17.1 Å². The van der Waals surface area contributed by atoms with Gasteiger partial charge in [0.15, 0.2) is 5.82 Å². The third kappa shape index (κ3) is 2.19. The predicted molar refractivity (Wildman–Crippen MR) is 88.4 cm³/mol. The van der Waals surface area contributed by atoms with Crippen molar-refractivity contribution in [2.75, 3.05) is 32.7 Å². The number of nitrogens with zero attached hydrogens (tertiary/aromatic N) is 5. The van der Waals surface area contributed by atoms with Crippen LogP contribution in [-0.4, -0.2) is 57.0 Å². The minimum atomic E-state index is 0.252. The number of fused-ring (bicyclic) bond motifs is 4. The van der Waals surface area contributed by atoms with Gasteiger partial charge in [0.1, 0.15) is 5.69 Å². The van der Waals surface area contributed by atoms with E-state index in [9.17, 15) is 0 Å². The van der Waals surface area contributed by atoms with Crippen LogP contribution in [0.3, 0.4) is 0 Å². The first kappa shape index (κ1) is 13.6. The molecule has 3 aliphatic heterocycles. The van der Waals surface area contributed by atoms with Crippen LogP contribution in [0.2, 0.25) is 0 Å². The average Bonchev–Trinajstić information content (AvgIpc) is 3.22. The molecule has 3 aromatic rings. The van der Waals surface area contributed by atoms with Crippen molar-refractivity contribution >= 4 is 21.6 Å². The number of aryl methyl sites for hydroxylation is 1. The second-order valence-corrected chi connectivity index (χ2v) is 7.15. The average molecular weight is 327 g/mol. The maximum absolute atomic E-state index is 5.56. The molecule has 2 bridgehead atoms. The number of hydrogen-bond acceptors (Lipinski definition) is 7. The SMILES string of the molecule is Cc1ccc2snc(-c3nc([C@@H]4CN5CCN4CC5)no3)c2c1. The van der Waals surface area contributed by atoms with Crippen molar-refractivity contribution in [3.05, 3.63) is 29.6 Å². The summed E-state index contributed by atoms with van der Waals surface area (Å²) in [5, 5.41) is 5.35. The Balaban J connectivity index is 1.52. The lowest BCUT2D eigenvalue weighted by molar-refractivity contribution is 0.00781. The van der Waals surface area contributed by atoms with Crippen molar-refractivity contribution in [2.24, 2.45) is 0 Å². The maximum atomic E-state index is 5.56. The molecule has 0 aliphatic carbocycles. The van der Waals surface area contributed by atoms with E-state index in [0.717, 1.165) is 54.3 Å². The normalized spacial score (nSPS) is 26.9. The fourth-order valence-corrected chi connectivity index (χ4v) is 4.28. The van der Waals surface area contributed by atoms with Gasteiger partial charge in [-0.3, -0.25) is 9.80 Å². The lowest BCUT2D eigenvalue weighted by Crippen LogP contribution is -2.57. The van der Waals surface area contributed by atoms with E-state index in [0.29, 0.717) is 5.89 Å². The van der Waals surface area contributed by atoms with Crippen molar-refractivity contribution in [3.8, 4) is 11.6 Å². The molecule has 3 aliphatic rings. The smallest absolute Gasteiger partial charge is 0.278 e. The highest BCUT2D eigenvalue weighted by atomic mass is 32.1. The molecular weight excluding hydrogens is 310 g/mol. The highest BCUT2D eigenvalue weighted by Gasteiger charge is 2.35. The van der Waals surface area contributed by atoms with Crippen LogP contribution < -0.4 is 0 Å². The van der Waals surface area contributed by atoms with Crippen molar-refractivity contribution < 1.29 is 4.52 Å². The summed E-state index contributed by atoms with van der Waals surface area (Å²) in [7, 11) is 0. The zero-order valence-electron chi connectivity index (χ0n) is 12.9. The Labute approximate surface area is 137 Å². The summed E-state index contributed by atoms with van der Waals surface area (Å²) in [5.41, 5.74) is 2.02. The number of rotatable bonds is 2. The summed E-state index contributed by atoms with van der Waals surface area (Å²) in [6.45, 7) is 7.56. The first-order valence-corrected chi connectivity index (χ1v) is 8.72. The Morgan fingerprint density at radius 2 is 2.09 bits per heavy atom. The fourth-order valence-electron chi connectivity index (χ4n) is 3.54. The lowest BCUT2D eigenvalue weighted by Gasteiger charge is -2.46. The summed E-state index contributed by atoms with van der Waals surface area (Å²) in [6, 6.07) is 6.59. The van der Waals surface area contributed by atoms with E-state index in [1.54, 1.807) is 0 Å². The van der Waals surface area contributed by atoms with Crippen LogP contribution in [0.4, 0.5) is 0 Å². The Morgan fingerprint density at radius 3 is 2.87 bits per heavy atom. The maximum Gasteiger partial charge on any atom is 0.278 e. The summed E-state index contributed by atoms with van der Waals surface area (Å²) in [5.74, 6) is 1.33. The first-order chi connectivity index (χ1) is 11.3. The van der Waals surface area contributed by atoms with Gasteiger partial charge in [0.05, 0.1) is 10.7 Å². The molecule has 0 spiro atoms. The molecule has 1 atom stereocenters. The third-order valence-electron chi connectivity index (χ3n) is 4.85. The quantitative estimate of drug-likeness (QED) is 0.720. The molecule has 5 heterocycles. The van der Waals surface area contributed by atoms with E-state index in [1.807, 2.05) is 0 Å². The van der Waals surface area contributed by atoms with Crippen LogP contribution in [0.25, 0.3) is 21.7 Å². The first-order valence-electron chi connectivity index (χ1n) is 7.94. The van der Waals surface area contributed by atoms with E-state index >= 15 is 0 Å². The Kier molecular flexibility index (Phi) is 3.01. The second-order valence-electron chi connectivity index (χ2n) is 6.34. The summed E-state index contributed by atoms with van der Waals surface area (Å²) >= 11 is 1.48. The van der Waals surface area contributed by atoms with Gasteiger partial charge < -0.3 is 4.52 Å². The van der Waals surface area contributed by atoms with Crippen molar-refractivity contribution in [1.82, 2.24) is 24.3 Å². The molecule has 0 amide bonds. The van der Waals surface area contributed by atoms with Crippen molar-refractivity contribution in [2.45, 2.75) is 13.0 Å². The van der Waals surface area contributed by atoms with Crippen LogP contribution in [0.1, 0.15) is 17.4 Å². The molecule has 3 saturated heterocycles. The van der Waals surface area contributed by atoms with Crippen LogP contribution in [0.5, 0.6) is 0 Å². The van der Waals surface area contributed by atoms with Crippen molar-refractivity contribution in [3.63, 3.8) is 0 Å². The lowest BCUT2D eigenvalue weighted by atomic mass is 10.1. The van der Waals surface area contributed by atoms with E-state index in [-0.39, 0.29) is 6.04 Å². The highest BCUT2D eigenvalue weighted by Crippen LogP contribution is 2.33. The van der Waals surface area contributed by atoms with E-state index < -0.39 is 0 Å². The molecule has 2 aromatic heterocycles. The number of aromatic nitrogens is 3. The molecule has 1 aromatic carbocycles. The van der Waals surface area contributed by atoms with E-state index in [4.69, 9.17) is 4.52 Å². The van der Waals surface area contributed by atoms with Gasteiger partial charge >= 0.3 is 0 Å². The second kappa shape index (κ2) is 5.09. The van der Waals surface area contributed by atoms with Gasteiger partial charge in [-0.15, -0.1) is 0 Å². The number of benzene rings is 1. The molecule has 7 heteroatoms. The van der Waals surface area contributed by atoms with Gasteiger partial charge in [0.25, 0.3) is 5.89 Å². The number of piperazine rings is 3. The van der Waals surface area contributed by atoms with Gasteiger partial charge in [0, 0.05) is 38.1 Å². The summed E-state index contributed by atoms with van der Waals surface area (Å²) in [6.07, 6.45) is 0. The van der Waals surface area contributed by atoms with Gasteiger partial charge in [-0.25, -0.2) is 0 Å².